The second kappa shape index (κ2) is 3.36. The van der Waals surface area contributed by atoms with Crippen LogP contribution in [0.3, 0.4) is 0 Å². The van der Waals surface area contributed by atoms with E-state index in [-0.39, 0.29) is 0 Å². The van der Waals surface area contributed by atoms with E-state index < -0.39 is 10.7 Å². The van der Waals surface area contributed by atoms with E-state index in [1.165, 1.54) is 0 Å². The predicted octanol–water partition coefficient (Wildman–Crippen LogP) is 2.28. The van der Waals surface area contributed by atoms with E-state index in [9.17, 15) is 0 Å². The van der Waals surface area contributed by atoms with Crippen molar-refractivity contribution in [3.63, 3.8) is 0 Å². The summed E-state index contributed by atoms with van der Waals surface area (Å²) in [6.45, 7) is 0. The monoisotopic (exact) mass is 258 g/mol. The van der Waals surface area contributed by atoms with Crippen LogP contribution >= 0.6 is 29.8 Å². The Balaban J connectivity index is 2.97. The predicted molar refractivity (Wildman–Crippen MR) is 50.8 cm³/mol. The maximum atomic E-state index is 5.78. The standard InChI is InChI=1S/C6H6AsCl3/c8-7(9,10)6-4-2-1-3-5-6/h1-5,7H. The number of hydrogen-bond acceptors (Lipinski definition) is 0. The third kappa shape index (κ3) is 2.36. The molecule has 0 aromatic heterocycles. The van der Waals surface area contributed by atoms with E-state index in [1.54, 1.807) is 0 Å². The van der Waals surface area contributed by atoms with Gasteiger partial charge in [0.25, 0.3) is 0 Å². The zero-order valence-corrected chi connectivity index (χ0v) is 9.39. The van der Waals surface area contributed by atoms with Gasteiger partial charge in [-0.05, 0) is 0 Å². The molecule has 0 bridgehead atoms. The van der Waals surface area contributed by atoms with Gasteiger partial charge in [-0.25, -0.2) is 0 Å². The van der Waals surface area contributed by atoms with Gasteiger partial charge in [0.2, 0.25) is 0 Å². The van der Waals surface area contributed by atoms with Gasteiger partial charge in [0.1, 0.15) is 0 Å². The molecule has 0 unspecified atom stereocenters. The summed E-state index contributed by atoms with van der Waals surface area (Å²) in [5.74, 6) is 0. The van der Waals surface area contributed by atoms with E-state index in [0.717, 1.165) is 4.35 Å². The molecule has 1 aromatic rings. The number of hydrogen-bond donors (Lipinski definition) is 0. The molecule has 56 valence electrons. The summed E-state index contributed by atoms with van der Waals surface area (Å²) in [5.41, 5.74) is 0. The fourth-order valence-electron chi connectivity index (χ4n) is 0.627. The Morgan fingerprint density at radius 2 is 1.40 bits per heavy atom. The summed E-state index contributed by atoms with van der Waals surface area (Å²) >= 11 is 0. The Morgan fingerprint density at radius 3 is 1.70 bits per heavy atom. The molecule has 0 nitrogen and oxygen atoms in total. The van der Waals surface area contributed by atoms with Gasteiger partial charge in [0.15, 0.2) is 0 Å². The number of halogens is 3. The van der Waals surface area contributed by atoms with E-state index in [2.05, 4.69) is 0 Å². The molecule has 1 aromatic carbocycles. The molecule has 0 saturated heterocycles. The Hall–Kier alpha value is 0.648. The average molecular weight is 259 g/mol. The SMILES string of the molecule is Cl[AsH](Cl)(Cl)c1ccccc1. The Labute approximate surface area is 75.0 Å². The normalized spacial score (nSPS) is 13.1. The number of rotatable bonds is 1. The molecule has 10 heavy (non-hydrogen) atoms. The van der Waals surface area contributed by atoms with Crippen molar-refractivity contribution in [3.05, 3.63) is 30.3 Å². The third-order valence-corrected chi connectivity index (χ3v) is 6.58. The van der Waals surface area contributed by atoms with Gasteiger partial charge < -0.3 is 0 Å². The van der Waals surface area contributed by atoms with E-state index in [0.29, 0.717) is 0 Å². The van der Waals surface area contributed by atoms with Crippen molar-refractivity contribution in [1.29, 1.82) is 0 Å². The second-order valence-electron chi connectivity index (χ2n) is 1.86. The van der Waals surface area contributed by atoms with Crippen LogP contribution in [0.4, 0.5) is 0 Å². The Morgan fingerprint density at radius 1 is 0.900 bits per heavy atom. The van der Waals surface area contributed by atoms with Crippen LogP contribution in [0, 0.1) is 0 Å². The van der Waals surface area contributed by atoms with Gasteiger partial charge in [0, 0.05) is 0 Å². The van der Waals surface area contributed by atoms with Crippen LogP contribution in [0.1, 0.15) is 0 Å². The minimum atomic E-state index is -3.08. The summed E-state index contributed by atoms with van der Waals surface area (Å²) in [5, 5.41) is 0. The van der Waals surface area contributed by atoms with Crippen molar-refractivity contribution in [2.75, 3.05) is 0 Å². The third-order valence-electron chi connectivity index (χ3n) is 1.10. The molecule has 0 amide bonds. The number of benzene rings is 1. The average Bonchev–Trinajstić information content (AvgIpc) is 1.88. The van der Waals surface area contributed by atoms with Crippen LogP contribution in [0.25, 0.3) is 0 Å². The van der Waals surface area contributed by atoms with Crippen LogP contribution in [0.15, 0.2) is 30.3 Å². The molecule has 0 N–H and O–H groups in total. The van der Waals surface area contributed by atoms with Gasteiger partial charge in [-0.2, -0.15) is 0 Å². The van der Waals surface area contributed by atoms with E-state index in [4.69, 9.17) is 29.8 Å². The summed E-state index contributed by atoms with van der Waals surface area (Å²) in [6, 6.07) is 9.37. The zero-order valence-electron chi connectivity index (χ0n) is 5.02. The summed E-state index contributed by atoms with van der Waals surface area (Å²) in [4.78, 5) is 0. The van der Waals surface area contributed by atoms with Crippen LogP contribution < -0.4 is 4.35 Å². The molecule has 0 heterocycles. The first-order valence-corrected chi connectivity index (χ1v) is 12.0. The van der Waals surface area contributed by atoms with Gasteiger partial charge in [-0.3, -0.25) is 0 Å². The molecule has 0 fully saturated rings. The van der Waals surface area contributed by atoms with Crippen molar-refractivity contribution >= 4 is 44.9 Å². The Kier molecular flexibility index (Phi) is 2.94. The molecule has 0 radical (unpaired) electrons. The summed E-state index contributed by atoms with van der Waals surface area (Å²) in [7, 11) is 14.2. The van der Waals surface area contributed by atoms with Crippen LogP contribution in [-0.2, 0) is 0 Å². The first-order chi connectivity index (χ1) is 4.61. The molecule has 0 aliphatic rings. The first kappa shape index (κ1) is 8.74. The van der Waals surface area contributed by atoms with Crippen molar-refractivity contribution in [1.82, 2.24) is 0 Å². The van der Waals surface area contributed by atoms with Gasteiger partial charge >= 0.3 is 75.3 Å². The van der Waals surface area contributed by atoms with Crippen molar-refractivity contribution in [2.24, 2.45) is 0 Å². The van der Waals surface area contributed by atoms with Crippen molar-refractivity contribution < 1.29 is 0 Å². The molecule has 0 atom stereocenters. The fraction of sp³-hybridized carbons (Fsp3) is 0. The molecule has 0 aliphatic carbocycles. The molecule has 0 saturated carbocycles. The molecule has 0 aliphatic heterocycles. The van der Waals surface area contributed by atoms with Crippen molar-refractivity contribution in [2.45, 2.75) is 0 Å². The second-order valence-corrected chi connectivity index (χ2v) is 17.0. The quantitative estimate of drug-likeness (QED) is 0.679. The maximum absolute atomic E-state index is 5.78. The topological polar surface area (TPSA) is 0 Å². The zero-order chi connectivity index (χ0) is 7.61. The Bertz CT molecular complexity index is 204. The minimum absolute atomic E-state index is 0.882. The van der Waals surface area contributed by atoms with Crippen LogP contribution in [-0.4, -0.2) is 10.7 Å². The summed E-state index contributed by atoms with van der Waals surface area (Å²) < 4.78 is 0.882. The molecule has 4 heteroatoms. The van der Waals surface area contributed by atoms with E-state index >= 15 is 0 Å². The fourth-order valence-corrected chi connectivity index (χ4v) is 3.79. The first-order valence-electron chi connectivity index (χ1n) is 2.73. The molecular weight excluding hydrogens is 253 g/mol. The van der Waals surface area contributed by atoms with Crippen LogP contribution in [0.5, 0.6) is 0 Å². The summed E-state index contributed by atoms with van der Waals surface area (Å²) in [6.07, 6.45) is 0. The van der Waals surface area contributed by atoms with E-state index in [1.807, 2.05) is 30.3 Å². The van der Waals surface area contributed by atoms with Crippen molar-refractivity contribution in [3.8, 4) is 0 Å². The van der Waals surface area contributed by atoms with Crippen LogP contribution in [0.2, 0.25) is 0 Å². The molecule has 1 rings (SSSR count). The van der Waals surface area contributed by atoms with Gasteiger partial charge in [-0.15, -0.1) is 0 Å². The molecular formula is C6H6AsCl3. The van der Waals surface area contributed by atoms with Gasteiger partial charge in [0.05, 0.1) is 0 Å². The molecule has 0 spiro atoms. The van der Waals surface area contributed by atoms with Gasteiger partial charge in [-0.1, -0.05) is 0 Å².